The van der Waals surface area contributed by atoms with Crippen LogP contribution in [0.4, 0.5) is 5.69 Å². The van der Waals surface area contributed by atoms with Crippen molar-refractivity contribution in [3.05, 3.63) is 34.6 Å². The predicted molar refractivity (Wildman–Crippen MR) is 46.6 cm³/mol. The predicted octanol–water partition coefficient (Wildman–Crippen LogP) is 3.39. The Labute approximate surface area is 67.7 Å². The van der Waals surface area contributed by atoms with Crippen LogP contribution in [0, 0.1) is 5.39 Å². The number of thiophene rings is 1. The van der Waals surface area contributed by atoms with Crippen LogP contribution in [0.5, 0.6) is 0 Å². The molecule has 0 bridgehead atoms. The third-order valence-corrected chi connectivity index (χ3v) is 2.45. The summed E-state index contributed by atoms with van der Waals surface area (Å²) in [5.74, 6) is 0. The first-order valence-corrected chi connectivity index (χ1v) is 4.10. The van der Waals surface area contributed by atoms with Gasteiger partial charge in [-0.2, -0.15) is 0 Å². The van der Waals surface area contributed by atoms with Crippen molar-refractivity contribution < 1.29 is 0 Å². The van der Waals surface area contributed by atoms with Crippen LogP contribution in [0.1, 0.15) is 0 Å². The van der Waals surface area contributed by atoms with Crippen molar-refractivity contribution in [3.8, 4) is 0 Å². The zero-order valence-corrected chi connectivity index (χ0v) is 6.51. The van der Waals surface area contributed by atoms with E-state index in [1.54, 1.807) is 17.4 Å². The molecule has 0 saturated heterocycles. The van der Waals surface area contributed by atoms with Crippen molar-refractivity contribution in [3.63, 3.8) is 0 Å². The summed E-state index contributed by atoms with van der Waals surface area (Å²) < 4.78 is 1.22. The lowest BCUT2D eigenvalue weighted by molar-refractivity contribution is 1.47. The van der Waals surface area contributed by atoms with Crippen LogP contribution in [-0.2, 0) is 0 Å². The third-order valence-electron chi connectivity index (χ3n) is 1.55. The number of diazo groups is 1. The molecule has 1 heterocycles. The van der Waals surface area contributed by atoms with E-state index in [2.05, 4.69) is 4.98 Å². The second-order valence-corrected chi connectivity index (χ2v) is 3.19. The summed E-state index contributed by atoms with van der Waals surface area (Å²) in [6.45, 7) is 0. The van der Waals surface area contributed by atoms with Gasteiger partial charge in [0, 0.05) is 22.2 Å². The lowest BCUT2D eigenvalue weighted by Gasteiger charge is -1.80. The Hall–Kier alpha value is -1.40. The minimum atomic E-state index is 0.607. The second-order valence-electron chi connectivity index (χ2n) is 2.24. The highest BCUT2D eigenvalue weighted by molar-refractivity contribution is 7.17. The van der Waals surface area contributed by atoms with Gasteiger partial charge in [-0.05, 0) is 17.5 Å². The van der Waals surface area contributed by atoms with Gasteiger partial charge in [0.2, 0.25) is 5.39 Å². The Balaban J connectivity index is 2.79. The topological polar surface area (TPSA) is 28.1 Å². The smallest absolute Gasteiger partial charge is 0.144 e. The number of hydrogen-bond donors (Lipinski definition) is 0. The molecule has 0 aliphatic heterocycles. The summed E-state index contributed by atoms with van der Waals surface area (Å²) in [7, 11) is 0. The number of hydrogen-bond acceptors (Lipinski definition) is 2. The van der Waals surface area contributed by atoms with Gasteiger partial charge >= 0.3 is 5.69 Å². The maximum Gasteiger partial charge on any atom is 0.385 e. The lowest BCUT2D eigenvalue weighted by atomic mass is 10.2. The summed E-state index contributed by atoms with van der Waals surface area (Å²) in [6, 6.07) is 7.61. The Morgan fingerprint density at radius 1 is 1.27 bits per heavy atom. The normalized spacial score (nSPS) is 9.73. The zero-order valence-electron chi connectivity index (χ0n) is 5.69. The van der Waals surface area contributed by atoms with Crippen LogP contribution in [0.25, 0.3) is 15.1 Å². The van der Waals surface area contributed by atoms with Crippen molar-refractivity contribution in [2.24, 2.45) is 0 Å². The minimum absolute atomic E-state index is 0.607. The van der Waals surface area contributed by atoms with Crippen LogP contribution >= 0.6 is 11.3 Å². The Bertz CT molecular complexity index is 425. The molecule has 11 heavy (non-hydrogen) atoms. The van der Waals surface area contributed by atoms with Gasteiger partial charge in [0.1, 0.15) is 0 Å². The van der Waals surface area contributed by atoms with Gasteiger partial charge in [0.15, 0.2) is 4.98 Å². The standard InChI is InChI=1S/C8H5N2S/c9-10-7-1-2-8-6(5-7)3-4-11-8/h1-5H/q+1. The number of benzene rings is 1. The maximum absolute atomic E-state index is 8.46. The summed E-state index contributed by atoms with van der Waals surface area (Å²) in [6.07, 6.45) is 0. The Morgan fingerprint density at radius 3 is 3.00 bits per heavy atom. The quantitative estimate of drug-likeness (QED) is 0.544. The molecule has 0 saturated carbocycles. The van der Waals surface area contributed by atoms with Crippen LogP contribution in [0.3, 0.4) is 0 Å². The van der Waals surface area contributed by atoms with Gasteiger partial charge in [0.05, 0.1) is 0 Å². The third kappa shape index (κ3) is 0.975. The molecule has 1 aromatic heterocycles. The monoisotopic (exact) mass is 161 g/mol. The van der Waals surface area contributed by atoms with Crippen molar-refractivity contribution in [1.82, 2.24) is 0 Å². The van der Waals surface area contributed by atoms with Gasteiger partial charge < -0.3 is 0 Å². The van der Waals surface area contributed by atoms with Gasteiger partial charge in [0.25, 0.3) is 0 Å². The fourth-order valence-electron chi connectivity index (χ4n) is 1.02. The molecule has 0 unspecified atom stereocenters. The molecule has 3 heteroatoms. The van der Waals surface area contributed by atoms with Crippen LogP contribution < -0.4 is 0 Å². The summed E-state index contributed by atoms with van der Waals surface area (Å²) in [4.78, 5) is 3.10. The molecular formula is C8H5N2S+. The van der Waals surface area contributed by atoms with Gasteiger partial charge in [-0.15, -0.1) is 11.3 Å². The van der Waals surface area contributed by atoms with Crippen LogP contribution in [0.15, 0.2) is 29.6 Å². The van der Waals surface area contributed by atoms with E-state index in [9.17, 15) is 0 Å². The SMILES string of the molecule is N#[N+]c1ccc2sccc2c1. The fourth-order valence-corrected chi connectivity index (χ4v) is 1.79. The largest absolute Gasteiger partial charge is 0.385 e. The van der Waals surface area contributed by atoms with E-state index in [1.165, 1.54) is 4.70 Å². The molecule has 52 valence electrons. The zero-order chi connectivity index (χ0) is 7.68. The van der Waals surface area contributed by atoms with Crippen LogP contribution in [-0.4, -0.2) is 0 Å². The summed E-state index contributed by atoms with van der Waals surface area (Å²) >= 11 is 1.68. The number of rotatable bonds is 0. The van der Waals surface area contributed by atoms with Crippen LogP contribution in [0.2, 0.25) is 0 Å². The minimum Gasteiger partial charge on any atom is -0.144 e. The molecular weight excluding hydrogens is 156 g/mol. The maximum atomic E-state index is 8.46. The van der Waals surface area contributed by atoms with Crippen molar-refractivity contribution in [2.75, 3.05) is 0 Å². The first kappa shape index (κ1) is 6.32. The highest BCUT2D eigenvalue weighted by Gasteiger charge is 2.04. The van der Waals surface area contributed by atoms with Gasteiger partial charge in [-0.3, -0.25) is 0 Å². The van der Waals surface area contributed by atoms with E-state index in [4.69, 9.17) is 5.39 Å². The lowest BCUT2D eigenvalue weighted by Crippen LogP contribution is -1.60. The molecule has 0 aliphatic rings. The first-order chi connectivity index (χ1) is 5.40. The molecule has 2 aromatic rings. The highest BCUT2D eigenvalue weighted by atomic mass is 32.1. The molecule has 0 spiro atoms. The van der Waals surface area contributed by atoms with Crippen molar-refractivity contribution >= 4 is 27.1 Å². The second kappa shape index (κ2) is 2.33. The molecule has 2 nitrogen and oxygen atoms in total. The highest BCUT2D eigenvalue weighted by Crippen LogP contribution is 2.25. The average molecular weight is 161 g/mol. The molecule has 0 amide bonds. The molecule has 1 aromatic carbocycles. The molecule has 0 atom stereocenters. The Kier molecular flexibility index (Phi) is 1.34. The Morgan fingerprint density at radius 2 is 2.18 bits per heavy atom. The van der Waals surface area contributed by atoms with Crippen molar-refractivity contribution in [1.29, 1.82) is 5.39 Å². The number of nitrogens with zero attached hydrogens (tertiary/aromatic N) is 2. The summed E-state index contributed by atoms with van der Waals surface area (Å²) in [5, 5.41) is 11.6. The molecule has 0 N–H and O–H groups in total. The molecule has 0 fully saturated rings. The summed E-state index contributed by atoms with van der Waals surface area (Å²) in [5.41, 5.74) is 0.607. The van der Waals surface area contributed by atoms with E-state index in [-0.39, 0.29) is 0 Å². The number of fused-ring (bicyclic) bond motifs is 1. The average Bonchev–Trinajstić information content (AvgIpc) is 2.50. The van der Waals surface area contributed by atoms with E-state index in [0.717, 1.165) is 5.39 Å². The molecule has 2 rings (SSSR count). The molecule has 0 aliphatic carbocycles. The van der Waals surface area contributed by atoms with Gasteiger partial charge in [-0.1, -0.05) is 0 Å². The van der Waals surface area contributed by atoms with E-state index in [0.29, 0.717) is 5.69 Å². The van der Waals surface area contributed by atoms with Crippen molar-refractivity contribution in [2.45, 2.75) is 0 Å². The molecule has 0 radical (unpaired) electrons. The fraction of sp³-hybridized carbons (Fsp3) is 0. The van der Waals surface area contributed by atoms with E-state index < -0.39 is 0 Å². The van der Waals surface area contributed by atoms with E-state index >= 15 is 0 Å². The first-order valence-electron chi connectivity index (χ1n) is 3.22. The van der Waals surface area contributed by atoms with E-state index in [1.807, 2.05) is 23.6 Å². The van der Waals surface area contributed by atoms with Gasteiger partial charge in [-0.25, -0.2) is 0 Å².